The van der Waals surface area contributed by atoms with Gasteiger partial charge < -0.3 is 16.3 Å². The summed E-state index contributed by atoms with van der Waals surface area (Å²) in [4.78, 5) is 0. The topological polar surface area (TPSA) is 70.6 Å². The molecule has 2 unspecified atom stereocenters. The Morgan fingerprint density at radius 1 is 1.41 bits per heavy atom. The maximum Gasteiger partial charge on any atom is 0.143 e. The van der Waals surface area contributed by atoms with Crippen LogP contribution in [-0.2, 0) is 0 Å². The predicted octanol–water partition coefficient (Wildman–Crippen LogP) is 2.37. The Morgan fingerprint density at radius 2 is 2.00 bits per heavy atom. The molecule has 94 valence electrons. The van der Waals surface area contributed by atoms with Crippen LogP contribution in [0.2, 0.25) is 5.02 Å². The van der Waals surface area contributed by atoms with Crippen molar-refractivity contribution < 1.29 is 5.21 Å². The van der Waals surface area contributed by atoms with E-state index in [2.05, 4.69) is 17.4 Å². The molecule has 0 aliphatic heterocycles. The van der Waals surface area contributed by atoms with Gasteiger partial charge in [-0.15, -0.1) is 0 Å². The SMILES string of the molecule is CC(CNC(C)c1ccc(Cl)cc1)C(N)=NO. The van der Waals surface area contributed by atoms with E-state index in [0.717, 1.165) is 10.6 Å². The van der Waals surface area contributed by atoms with E-state index >= 15 is 0 Å². The Kier molecular flexibility index (Phi) is 5.25. The van der Waals surface area contributed by atoms with Gasteiger partial charge in [0.1, 0.15) is 5.84 Å². The Hall–Kier alpha value is -1.26. The normalized spacial score (nSPS) is 15.6. The first kappa shape index (κ1) is 13.8. The average Bonchev–Trinajstić information content (AvgIpc) is 2.35. The molecule has 0 radical (unpaired) electrons. The van der Waals surface area contributed by atoms with Crippen LogP contribution in [0.15, 0.2) is 29.4 Å². The number of nitrogens with one attached hydrogen (secondary N) is 1. The summed E-state index contributed by atoms with van der Waals surface area (Å²) in [6.07, 6.45) is 0. The first-order valence-electron chi connectivity index (χ1n) is 5.51. The molecule has 0 amide bonds. The smallest absolute Gasteiger partial charge is 0.143 e. The fourth-order valence-electron chi connectivity index (χ4n) is 1.43. The van der Waals surface area contributed by atoms with Crippen molar-refractivity contribution >= 4 is 17.4 Å². The quantitative estimate of drug-likeness (QED) is 0.327. The minimum absolute atomic E-state index is 0.00486. The number of nitrogens with zero attached hydrogens (tertiary/aromatic N) is 1. The van der Waals surface area contributed by atoms with Gasteiger partial charge in [0.25, 0.3) is 0 Å². The van der Waals surface area contributed by atoms with Crippen LogP contribution in [0.25, 0.3) is 0 Å². The molecule has 0 aliphatic rings. The lowest BCUT2D eigenvalue weighted by Gasteiger charge is -2.17. The summed E-state index contributed by atoms with van der Waals surface area (Å²) in [7, 11) is 0. The largest absolute Gasteiger partial charge is 0.409 e. The number of hydrogen-bond acceptors (Lipinski definition) is 3. The van der Waals surface area contributed by atoms with Crippen molar-refractivity contribution in [1.29, 1.82) is 0 Å². The van der Waals surface area contributed by atoms with Crippen molar-refractivity contribution in [3.63, 3.8) is 0 Å². The molecule has 0 bridgehead atoms. The van der Waals surface area contributed by atoms with Gasteiger partial charge in [-0.3, -0.25) is 0 Å². The minimum Gasteiger partial charge on any atom is -0.409 e. The molecular formula is C12H18ClN3O. The Bertz CT molecular complexity index is 378. The fourth-order valence-corrected chi connectivity index (χ4v) is 1.55. The van der Waals surface area contributed by atoms with Crippen LogP contribution in [0.1, 0.15) is 25.5 Å². The van der Waals surface area contributed by atoms with Gasteiger partial charge in [0, 0.05) is 23.5 Å². The third-order valence-electron chi connectivity index (χ3n) is 2.72. The van der Waals surface area contributed by atoms with Crippen molar-refractivity contribution in [3.05, 3.63) is 34.9 Å². The molecule has 1 rings (SSSR count). The van der Waals surface area contributed by atoms with Crippen molar-refractivity contribution in [2.45, 2.75) is 19.9 Å². The van der Waals surface area contributed by atoms with Gasteiger partial charge in [-0.25, -0.2) is 0 Å². The number of oxime groups is 1. The summed E-state index contributed by atoms with van der Waals surface area (Å²) < 4.78 is 0. The van der Waals surface area contributed by atoms with Crippen LogP contribution in [-0.4, -0.2) is 17.6 Å². The van der Waals surface area contributed by atoms with Gasteiger partial charge in [0.05, 0.1) is 0 Å². The van der Waals surface area contributed by atoms with E-state index in [-0.39, 0.29) is 17.8 Å². The number of halogens is 1. The van der Waals surface area contributed by atoms with Gasteiger partial charge in [0.2, 0.25) is 0 Å². The second kappa shape index (κ2) is 6.47. The van der Waals surface area contributed by atoms with Crippen molar-refractivity contribution in [2.75, 3.05) is 6.54 Å². The molecular weight excluding hydrogens is 238 g/mol. The van der Waals surface area contributed by atoms with Crippen LogP contribution in [0, 0.1) is 5.92 Å². The summed E-state index contributed by atoms with van der Waals surface area (Å²) in [6, 6.07) is 7.88. The van der Waals surface area contributed by atoms with Gasteiger partial charge in [-0.1, -0.05) is 35.8 Å². The minimum atomic E-state index is -0.00486. The van der Waals surface area contributed by atoms with Crippen LogP contribution in [0.5, 0.6) is 0 Å². The van der Waals surface area contributed by atoms with E-state index in [1.807, 2.05) is 31.2 Å². The Morgan fingerprint density at radius 3 is 2.53 bits per heavy atom. The van der Waals surface area contributed by atoms with Gasteiger partial charge in [-0.2, -0.15) is 0 Å². The third-order valence-corrected chi connectivity index (χ3v) is 2.97. The molecule has 1 aromatic rings. The van der Waals surface area contributed by atoms with Gasteiger partial charge in [0.15, 0.2) is 0 Å². The molecule has 0 aliphatic carbocycles. The number of hydrogen-bond donors (Lipinski definition) is 3. The molecule has 0 spiro atoms. The highest BCUT2D eigenvalue weighted by Crippen LogP contribution is 2.16. The lowest BCUT2D eigenvalue weighted by molar-refractivity contribution is 0.313. The van der Waals surface area contributed by atoms with E-state index in [1.54, 1.807) is 0 Å². The van der Waals surface area contributed by atoms with Gasteiger partial charge >= 0.3 is 0 Å². The van der Waals surface area contributed by atoms with Crippen molar-refractivity contribution in [3.8, 4) is 0 Å². The average molecular weight is 256 g/mol. The summed E-state index contributed by atoms with van der Waals surface area (Å²) in [6.45, 7) is 4.61. The highest BCUT2D eigenvalue weighted by Gasteiger charge is 2.10. The predicted molar refractivity (Wildman–Crippen MR) is 70.4 cm³/mol. The van der Waals surface area contributed by atoms with E-state index < -0.39 is 0 Å². The second-order valence-electron chi connectivity index (χ2n) is 4.11. The summed E-state index contributed by atoms with van der Waals surface area (Å²) in [5.41, 5.74) is 6.66. The van der Waals surface area contributed by atoms with E-state index in [0.29, 0.717) is 6.54 Å². The zero-order valence-corrected chi connectivity index (χ0v) is 10.8. The molecule has 2 atom stereocenters. The number of amidine groups is 1. The Labute approximate surface area is 106 Å². The maximum absolute atomic E-state index is 8.54. The highest BCUT2D eigenvalue weighted by molar-refractivity contribution is 6.30. The molecule has 4 N–H and O–H groups in total. The van der Waals surface area contributed by atoms with E-state index in [1.165, 1.54) is 0 Å². The molecule has 0 heterocycles. The maximum atomic E-state index is 8.54. The lowest BCUT2D eigenvalue weighted by atomic mass is 10.1. The van der Waals surface area contributed by atoms with Crippen LogP contribution in [0.3, 0.4) is 0 Å². The molecule has 1 aromatic carbocycles. The third kappa shape index (κ3) is 4.24. The zero-order valence-electron chi connectivity index (χ0n) is 10.0. The molecule has 17 heavy (non-hydrogen) atoms. The number of rotatable bonds is 5. The number of benzene rings is 1. The zero-order chi connectivity index (χ0) is 12.8. The van der Waals surface area contributed by atoms with Crippen molar-refractivity contribution in [1.82, 2.24) is 5.32 Å². The molecule has 0 fully saturated rings. The standard InChI is InChI=1S/C12H18ClN3O/c1-8(12(14)16-17)7-15-9(2)10-3-5-11(13)6-4-10/h3-6,8-9,15,17H,7H2,1-2H3,(H2,14,16). The molecule has 4 nitrogen and oxygen atoms in total. The monoisotopic (exact) mass is 255 g/mol. The first-order valence-corrected chi connectivity index (χ1v) is 5.88. The molecule has 0 saturated heterocycles. The lowest BCUT2D eigenvalue weighted by Crippen LogP contribution is -2.32. The molecule has 0 saturated carbocycles. The number of nitrogens with two attached hydrogens (primary N) is 1. The van der Waals surface area contributed by atoms with Crippen LogP contribution in [0.4, 0.5) is 0 Å². The van der Waals surface area contributed by atoms with Crippen LogP contribution < -0.4 is 11.1 Å². The van der Waals surface area contributed by atoms with Crippen molar-refractivity contribution in [2.24, 2.45) is 16.8 Å². The first-order chi connectivity index (χ1) is 8.04. The van der Waals surface area contributed by atoms with E-state index in [4.69, 9.17) is 22.5 Å². The fraction of sp³-hybridized carbons (Fsp3) is 0.417. The highest BCUT2D eigenvalue weighted by atomic mass is 35.5. The van der Waals surface area contributed by atoms with Crippen LogP contribution >= 0.6 is 11.6 Å². The molecule has 0 aromatic heterocycles. The summed E-state index contributed by atoms with van der Waals surface area (Å²) in [5, 5.41) is 15.6. The van der Waals surface area contributed by atoms with Gasteiger partial charge in [-0.05, 0) is 24.6 Å². The Balaban J connectivity index is 2.50. The second-order valence-corrected chi connectivity index (χ2v) is 4.54. The van der Waals surface area contributed by atoms with E-state index in [9.17, 15) is 0 Å². The summed E-state index contributed by atoms with van der Waals surface area (Å²) in [5.74, 6) is 0.232. The summed E-state index contributed by atoms with van der Waals surface area (Å²) >= 11 is 5.82. The molecule has 5 heteroatoms.